The normalized spacial score (nSPS) is 12.9. The minimum atomic E-state index is -3.63. The highest BCUT2D eigenvalue weighted by atomic mass is 35.5. The molecule has 0 spiro atoms. The monoisotopic (exact) mass is 473 g/mol. The van der Waals surface area contributed by atoms with E-state index in [0.29, 0.717) is 40.2 Å². The van der Waals surface area contributed by atoms with Gasteiger partial charge in [-0.2, -0.15) is 0 Å². The van der Waals surface area contributed by atoms with Crippen molar-refractivity contribution in [3.8, 4) is 5.75 Å². The number of methoxy groups -OCH3 is 1. The summed E-state index contributed by atoms with van der Waals surface area (Å²) in [4.78, 5) is 0.227. The van der Waals surface area contributed by atoms with Crippen LogP contribution in [0.3, 0.4) is 0 Å². The second-order valence-corrected chi connectivity index (χ2v) is 9.61. The zero-order chi connectivity index (χ0) is 22.0. The molecule has 0 bridgehead atoms. The van der Waals surface area contributed by atoms with Gasteiger partial charge in [0.05, 0.1) is 23.4 Å². The Morgan fingerprint density at radius 1 is 1.06 bits per heavy atom. The highest BCUT2D eigenvalue weighted by molar-refractivity contribution is 7.92. The first-order valence-corrected chi connectivity index (χ1v) is 11.7. The van der Waals surface area contributed by atoms with Gasteiger partial charge >= 0.3 is 0 Å². The van der Waals surface area contributed by atoms with E-state index < -0.39 is 10.0 Å². The van der Waals surface area contributed by atoms with Crippen LogP contribution in [0.5, 0.6) is 5.75 Å². The summed E-state index contributed by atoms with van der Waals surface area (Å²) in [7, 11) is -2.08. The third-order valence-corrected chi connectivity index (χ3v) is 7.22. The predicted molar refractivity (Wildman–Crippen MR) is 129 cm³/mol. The van der Waals surface area contributed by atoms with E-state index >= 15 is 0 Å². The molecule has 0 unspecified atom stereocenters. The van der Waals surface area contributed by atoms with E-state index in [4.69, 9.17) is 28.6 Å². The second-order valence-electron chi connectivity index (χ2n) is 6.90. The maximum atomic E-state index is 13.1. The van der Waals surface area contributed by atoms with Crippen LogP contribution < -0.4 is 19.7 Å². The number of ether oxygens (including phenoxy) is 1. The molecule has 160 valence electrons. The number of hydrogen-bond acceptors (Lipinski definition) is 4. The van der Waals surface area contributed by atoms with E-state index in [1.54, 1.807) is 49.6 Å². The molecule has 3 aromatic carbocycles. The van der Waals surface area contributed by atoms with Crippen LogP contribution in [0.1, 0.15) is 5.56 Å². The van der Waals surface area contributed by atoms with Crippen LogP contribution in [-0.4, -0.2) is 27.2 Å². The average molecular weight is 474 g/mol. The highest BCUT2D eigenvalue weighted by Gasteiger charge is 2.30. The van der Waals surface area contributed by atoms with Crippen molar-refractivity contribution in [1.82, 2.24) is 0 Å². The first-order valence-electron chi connectivity index (χ1n) is 9.51. The van der Waals surface area contributed by atoms with Crippen molar-refractivity contribution < 1.29 is 13.2 Å². The lowest BCUT2D eigenvalue weighted by Crippen LogP contribution is -2.29. The standard InChI is InChI=1S/C22H20ClN3O3S2/c1-29-21-11-6-16(23)14-19(21)25-22(30)24-17-7-9-18(10-8-17)31(27,28)26-13-12-15-4-2-3-5-20(15)26/h2-11,14H,12-13H2,1H3,(H2,24,25,30). The first-order chi connectivity index (χ1) is 14.9. The number of hydrogen-bond donors (Lipinski definition) is 2. The summed E-state index contributed by atoms with van der Waals surface area (Å²) in [5.74, 6) is 0.598. The molecule has 0 amide bonds. The third kappa shape index (κ3) is 4.46. The van der Waals surface area contributed by atoms with Crippen molar-refractivity contribution in [2.45, 2.75) is 11.3 Å². The van der Waals surface area contributed by atoms with E-state index in [2.05, 4.69) is 10.6 Å². The van der Waals surface area contributed by atoms with Gasteiger partial charge in [-0.25, -0.2) is 8.42 Å². The van der Waals surface area contributed by atoms with Crippen molar-refractivity contribution >= 4 is 56.0 Å². The summed E-state index contributed by atoms with van der Waals surface area (Å²) in [6.07, 6.45) is 0.710. The Morgan fingerprint density at radius 3 is 2.55 bits per heavy atom. The van der Waals surface area contributed by atoms with Crippen molar-refractivity contribution in [1.29, 1.82) is 0 Å². The van der Waals surface area contributed by atoms with E-state index in [-0.39, 0.29) is 4.90 Å². The van der Waals surface area contributed by atoms with Gasteiger partial charge in [-0.1, -0.05) is 29.8 Å². The van der Waals surface area contributed by atoms with Crippen LogP contribution in [0.4, 0.5) is 17.1 Å². The molecule has 0 fully saturated rings. The van der Waals surface area contributed by atoms with Crippen LogP contribution >= 0.6 is 23.8 Å². The molecule has 9 heteroatoms. The fraction of sp³-hybridized carbons (Fsp3) is 0.136. The molecule has 0 aromatic heterocycles. The topological polar surface area (TPSA) is 70.7 Å². The highest BCUT2D eigenvalue weighted by Crippen LogP contribution is 2.33. The van der Waals surface area contributed by atoms with E-state index in [1.807, 2.05) is 24.3 Å². The Kier molecular flexibility index (Phi) is 6.04. The van der Waals surface area contributed by atoms with Gasteiger partial charge in [0.2, 0.25) is 0 Å². The van der Waals surface area contributed by atoms with Gasteiger partial charge in [0.1, 0.15) is 5.75 Å². The van der Waals surface area contributed by atoms with E-state index in [9.17, 15) is 8.42 Å². The van der Waals surface area contributed by atoms with Crippen LogP contribution in [0.2, 0.25) is 5.02 Å². The molecule has 0 saturated carbocycles. The van der Waals surface area contributed by atoms with Crippen LogP contribution in [-0.2, 0) is 16.4 Å². The minimum Gasteiger partial charge on any atom is -0.495 e. The summed E-state index contributed by atoms with van der Waals surface area (Å²) in [5.41, 5.74) is 3.06. The molecule has 6 nitrogen and oxygen atoms in total. The summed E-state index contributed by atoms with van der Waals surface area (Å²) in [6, 6.07) is 19.2. The quantitative estimate of drug-likeness (QED) is 0.513. The number of para-hydroxylation sites is 1. The Labute approximate surface area is 191 Å². The van der Waals surface area contributed by atoms with Crippen molar-refractivity contribution in [3.63, 3.8) is 0 Å². The minimum absolute atomic E-state index is 0.227. The Morgan fingerprint density at radius 2 is 1.81 bits per heavy atom. The molecule has 1 aliphatic heterocycles. The second kappa shape index (κ2) is 8.74. The lowest BCUT2D eigenvalue weighted by Gasteiger charge is -2.20. The van der Waals surface area contributed by atoms with Gasteiger partial charge in [0, 0.05) is 17.3 Å². The zero-order valence-electron chi connectivity index (χ0n) is 16.6. The molecule has 3 aromatic rings. The molecule has 0 atom stereocenters. The number of benzene rings is 3. The van der Waals surface area contributed by atoms with Gasteiger partial charge in [-0.3, -0.25) is 4.31 Å². The van der Waals surface area contributed by atoms with E-state index in [1.165, 1.54) is 4.31 Å². The van der Waals surface area contributed by atoms with Gasteiger partial charge < -0.3 is 15.4 Å². The third-order valence-electron chi connectivity index (χ3n) is 4.95. The number of nitrogens with zero attached hydrogens (tertiary/aromatic N) is 1. The van der Waals surface area contributed by atoms with Gasteiger partial charge in [-0.15, -0.1) is 0 Å². The Balaban J connectivity index is 1.47. The SMILES string of the molecule is COc1ccc(Cl)cc1NC(=S)Nc1ccc(S(=O)(=O)N2CCc3ccccc32)cc1. The average Bonchev–Trinajstić information content (AvgIpc) is 3.19. The number of fused-ring (bicyclic) bond motifs is 1. The number of halogens is 1. The molecule has 4 rings (SSSR count). The Bertz CT molecular complexity index is 1230. The van der Waals surface area contributed by atoms with Crippen molar-refractivity contribution in [2.24, 2.45) is 0 Å². The lowest BCUT2D eigenvalue weighted by molar-refractivity contribution is 0.417. The molecular formula is C22H20ClN3O3S2. The van der Waals surface area contributed by atoms with Gasteiger partial charge in [0.25, 0.3) is 10.0 Å². The summed E-state index contributed by atoms with van der Waals surface area (Å²) < 4.78 is 33.0. The number of nitrogens with one attached hydrogen (secondary N) is 2. The summed E-state index contributed by atoms with van der Waals surface area (Å²) in [5, 5.41) is 6.94. The first kappa shape index (κ1) is 21.4. The summed E-state index contributed by atoms with van der Waals surface area (Å²) >= 11 is 11.4. The molecule has 1 heterocycles. The predicted octanol–water partition coefficient (Wildman–Crippen LogP) is 4.91. The molecule has 0 radical (unpaired) electrons. The fourth-order valence-corrected chi connectivity index (χ4v) is 5.36. The Hall–Kier alpha value is -2.81. The number of sulfonamides is 1. The zero-order valence-corrected chi connectivity index (χ0v) is 19.0. The number of thiocarbonyl (C=S) groups is 1. The van der Waals surface area contributed by atoms with Crippen LogP contribution in [0.15, 0.2) is 71.6 Å². The van der Waals surface area contributed by atoms with Crippen LogP contribution in [0.25, 0.3) is 0 Å². The van der Waals surface area contributed by atoms with Crippen molar-refractivity contribution in [2.75, 3.05) is 28.6 Å². The number of rotatable bonds is 5. The van der Waals surface area contributed by atoms with E-state index in [0.717, 1.165) is 11.3 Å². The van der Waals surface area contributed by atoms with Gasteiger partial charge in [0.15, 0.2) is 5.11 Å². The molecule has 0 saturated heterocycles. The molecule has 0 aliphatic carbocycles. The molecular weight excluding hydrogens is 454 g/mol. The maximum absolute atomic E-state index is 13.1. The lowest BCUT2D eigenvalue weighted by atomic mass is 10.2. The molecule has 2 N–H and O–H groups in total. The maximum Gasteiger partial charge on any atom is 0.264 e. The largest absolute Gasteiger partial charge is 0.495 e. The molecule has 1 aliphatic rings. The smallest absolute Gasteiger partial charge is 0.264 e. The van der Waals surface area contributed by atoms with Gasteiger partial charge in [-0.05, 0) is 72.7 Å². The van der Waals surface area contributed by atoms with Crippen molar-refractivity contribution in [3.05, 3.63) is 77.3 Å². The summed E-state index contributed by atoms with van der Waals surface area (Å²) in [6.45, 7) is 0.442. The van der Waals surface area contributed by atoms with Crippen LogP contribution in [0, 0.1) is 0 Å². The number of anilines is 3. The fourth-order valence-electron chi connectivity index (χ4n) is 3.46. The molecule has 31 heavy (non-hydrogen) atoms.